The van der Waals surface area contributed by atoms with Crippen LogP contribution in [0, 0.1) is 0 Å². The van der Waals surface area contributed by atoms with Crippen LogP contribution in [0.5, 0.6) is 0 Å². The van der Waals surface area contributed by atoms with Crippen molar-refractivity contribution < 1.29 is 4.79 Å². The average molecular weight is 338 g/mol. The molecule has 25 heavy (non-hydrogen) atoms. The number of hydrogen-bond donors (Lipinski definition) is 1. The molecule has 5 nitrogen and oxygen atoms in total. The predicted octanol–water partition coefficient (Wildman–Crippen LogP) is 3.39. The third-order valence-corrected chi connectivity index (χ3v) is 4.53. The summed E-state index contributed by atoms with van der Waals surface area (Å²) in [4.78, 5) is 21.1. The highest BCUT2D eigenvalue weighted by Crippen LogP contribution is 2.15. The number of nitrogens with zero attached hydrogens (tertiary/aromatic N) is 3. The van der Waals surface area contributed by atoms with Gasteiger partial charge in [-0.05, 0) is 55.8 Å². The van der Waals surface area contributed by atoms with Crippen molar-refractivity contribution in [1.29, 1.82) is 0 Å². The first-order valence-electron chi connectivity index (χ1n) is 8.88. The number of amides is 1. The van der Waals surface area contributed by atoms with E-state index < -0.39 is 0 Å². The first-order valence-corrected chi connectivity index (χ1v) is 8.88. The summed E-state index contributed by atoms with van der Waals surface area (Å²) in [7, 11) is 3.87. The lowest BCUT2D eigenvalue weighted by Gasteiger charge is -2.26. The van der Waals surface area contributed by atoms with Crippen molar-refractivity contribution in [2.45, 2.75) is 25.8 Å². The molecule has 5 heteroatoms. The molecule has 1 saturated heterocycles. The lowest BCUT2D eigenvalue weighted by atomic mass is 10.1. The van der Waals surface area contributed by atoms with E-state index in [-0.39, 0.29) is 5.91 Å². The summed E-state index contributed by atoms with van der Waals surface area (Å²) >= 11 is 0. The SMILES string of the molecule is CN(C)c1ccc(NC(=O)c2ccc(CN3CCCCC3)cc2)cn1. The number of anilines is 2. The minimum absolute atomic E-state index is 0.107. The molecule has 0 radical (unpaired) electrons. The van der Waals surface area contributed by atoms with Gasteiger partial charge in [-0.25, -0.2) is 4.98 Å². The third kappa shape index (κ3) is 4.79. The Hall–Kier alpha value is -2.40. The Morgan fingerprint density at radius 1 is 1.08 bits per heavy atom. The lowest BCUT2D eigenvalue weighted by molar-refractivity contribution is 0.102. The van der Waals surface area contributed by atoms with Crippen LogP contribution >= 0.6 is 0 Å². The molecule has 1 aliphatic heterocycles. The van der Waals surface area contributed by atoms with Crippen LogP contribution in [0.3, 0.4) is 0 Å². The summed E-state index contributed by atoms with van der Waals surface area (Å²) in [6.45, 7) is 3.33. The first kappa shape index (κ1) is 17.4. The molecule has 0 atom stereocenters. The number of rotatable bonds is 5. The Balaban J connectivity index is 1.58. The molecule has 1 aromatic heterocycles. The highest BCUT2D eigenvalue weighted by Gasteiger charge is 2.11. The van der Waals surface area contributed by atoms with Crippen molar-refractivity contribution >= 4 is 17.4 Å². The van der Waals surface area contributed by atoms with Gasteiger partial charge in [0.15, 0.2) is 0 Å². The molecule has 1 aliphatic rings. The Bertz CT molecular complexity index is 689. The molecule has 2 aromatic rings. The summed E-state index contributed by atoms with van der Waals surface area (Å²) < 4.78 is 0. The van der Waals surface area contributed by atoms with Crippen LogP contribution in [0.1, 0.15) is 35.2 Å². The normalized spacial score (nSPS) is 15.0. The van der Waals surface area contributed by atoms with Gasteiger partial charge >= 0.3 is 0 Å². The van der Waals surface area contributed by atoms with Crippen molar-refractivity contribution in [2.75, 3.05) is 37.4 Å². The second-order valence-electron chi connectivity index (χ2n) is 6.79. The number of carbonyl (C=O) groups excluding carboxylic acids is 1. The number of likely N-dealkylation sites (tertiary alicyclic amines) is 1. The zero-order chi connectivity index (χ0) is 17.6. The molecule has 0 bridgehead atoms. The Morgan fingerprint density at radius 2 is 1.80 bits per heavy atom. The smallest absolute Gasteiger partial charge is 0.255 e. The molecule has 1 N–H and O–H groups in total. The second-order valence-corrected chi connectivity index (χ2v) is 6.79. The van der Waals surface area contributed by atoms with Crippen molar-refractivity contribution in [3.8, 4) is 0 Å². The fourth-order valence-corrected chi connectivity index (χ4v) is 3.07. The van der Waals surface area contributed by atoms with Gasteiger partial charge in [0.05, 0.1) is 11.9 Å². The van der Waals surface area contributed by atoms with Gasteiger partial charge in [0.1, 0.15) is 5.82 Å². The predicted molar refractivity (Wildman–Crippen MR) is 102 cm³/mol. The van der Waals surface area contributed by atoms with E-state index in [0.717, 1.165) is 12.4 Å². The van der Waals surface area contributed by atoms with Crippen molar-refractivity contribution in [1.82, 2.24) is 9.88 Å². The van der Waals surface area contributed by atoms with Gasteiger partial charge in [-0.2, -0.15) is 0 Å². The number of pyridine rings is 1. The van der Waals surface area contributed by atoms with Gasteiger partial charge in [0.2, 0.25) is 0 Å². The van der Waals surface area contributed by atoms with Crippen molar-refractivity contribution in [3.05, 3.63) is 53.7 Å². The molecule has 1 fully saturated rings. The summed E-state index contributed by atoms with van der Waals surface area (Å²) in [5.41, 5.74) is 2.63. The van der Waals surface area contributed by atoms with Gasteiger partial charge in [-0.3, -0.25) is 9.69 Å². The summed E-state index contributed by atoms with van der Waals surface area (Å²) in [6.07, 6.45) is 5.61. The lowest BCUT2D eigenvalue weighted by Crippen LogP contribution is -2.29. The van der Waals surface area contributed by atoms with Crippen LogP contribution in [-0.4, -0.2) is 43.0 Å². The summed E-state index contributed by atoms with van der Waals surface area (Å²) in [5, 5.41) is 2.89. The minimum atomic E-state index is -0.107. The molecule has 1 aromatic carbocycles. The Labute approximate surface area is 149 Å². The van der Waals surface area contributed by atoms with Crippen LogP contribution in [-0.2, 0) is 6.54 Å². The van der Waals surface area contributed by atoms with Crippen LogP contribution in [0.15, 0.2) is 42.6 Å². The first-order chi connectivity index (χ1) is 12.1. The molecule has 0 saturated carbocycles. The molecule has 132 valence electrons. The van der Waals surface area contributed by atoms with E-state index in [2.05, 4.69) is 27.3 Å². The number of piperidine rings is 1. The van der Waals surface area contributed by atoms with Crippen LogP contribution < -0.4 is 10.2 Å². The highest BCUT2D eigenvalue weighted by atomic mass is 16.1. The van der Waals surface area contributed by atoms with Gasteiger partial charge in [-0.15, -0.1) is 0 Å². The van der Waals surface area contributed by atoms with E-state index in [1.54, 1.807) is 6.20 Å². The highest BCUT2D eigenvalue weighted by molar-refractivity contribution is 6.04. The standard InChI is InChI=1S/C20H26N4O/c1-23(2)19-11-10-18(14-21-19)22-20(25)17-8-6-16(7-9-17)15-24-12-4-3-5-13-24/h6-11,14H,3-5,12-13,15H2,1-2H3,(H,22,25). The zero-order valence-electron chi connectivity index (χ0n) is 15.0. The van der Waals surface area contributed by atoms with Gasteiger partial charge in [-0.1, -0.05) is 18.6 Å². The summed E-state index contributed by atoms with van der Waals surface area (Å²) in [6, 6.07) is 11.7. The second kappa shape index (κ2) is 8.12. The average Bonchev–Trinajstić information content (AvgIpc) is 2.63. The molecule has 2 heterocycles. The number of aromatic nitrogens is 1. The van der Waals surface area contributed by atoms with Crippen molar-refractivity contribution in [2.24, 2.45) is 0 Å². The van der Waals surface area contributed by atoms with Crippen molar-refractivity contribution in [3.63, 3.8) is 0 Å². The Morgan fingerprint density at radius 3 is 2.40 bits per heavy atom. The maximum atomic E-state index is 12.4. The van der Waals surface area contributed by atoms with E-state index in [0.29, 0.717) is 11.3 Å². The maximum absolute atomic E-state index is 12.4. The van der Waals surface area contributed by atoms with E-state index in [4.69, 9.17) is 0 Å². The number of hydrogen-bond acceptors (Lipinski definition) is 4. The quantitative estimate of drug-likeness (QED) is 0.908. The van der Waals surface area contributed by atoms with Crippen LogP contribution in [0.25, 0.3) is 0 Å². The van der Waals surface area contributed by atoms with Crippen LogP contribution in [0.2, 0.25) is 0 Å². The fourth-order valence-electron chi connectivity index (χ4n) is 3.07. The molecule has 0 spiro atoms. The summed E-state index contributed by atoms with van der Waals surface area (Å²) in [5.74, 6) is 0.754. The zero-order valence-corrected chi connectivity index (χ0v) is 15.0. The van der Waals surface area contributed by atoms with Gasteiger partial charge in [0.25, 0.3) is 5.91 Å². The molecule has 3 rings (SSSR count). The molecule has 0 unspecified atom stereocenters. The third-order valence-electron chi connectivity index (χ3n) is 4.53. The van der Waals surface area contributed by atoms with E-state index in [9.17, 15) is 4.79 Å². The van der Waals surface area contributed by atoms with E-state index in [1.165, 1.54) is 37.9 Å². The maximum Gasteiger partial charge on any atom is 0.255 e. The number of nitrogens with one attached hydrogen (secondary N) is 1. The van der Waals surface area contributed by atoms with Gasteiger partial charge in [0, 0.05) is 26.2 Å². The molecular formula is C20H26N4O. The number of carbonyl (C=O) groups is 1. The van der Waals surface area contributed by atoms with E-state index in [1.807, 2.05) is 43.3 Å². The number of benzene rings is 1. The fraction of sp³-hybridized carbons (Fsp3) is 0.400. The van der Waals surface area contributed by atoms with E-state index >= 15 is 0 Å². The topological polar surface area (TPSA) is 48.5 Å². The van der Waals surface area contributed by atoms with Gasteiger partial charge < -0.3 is 10.2 Å². The Kier molecular flexibility index (Phi) is 5.66. The largest absolute Gasteiger partial charge is 0.363 e. The molecule has 0 aliphatic carbocycles. The molecule has 1 amide bonds. The minimum Gasteiger partial charge on any atom is -0.363 e. The monoisotopic (exact) mass is 338 g/mol. The molecular weight excluding hydrogens is 312 g/mol. The van der Waals surface area contributed by atoms with Crippen LogP contribution in [0.4, 0.5) is 11.5 Å².